The van der Waals surface area contributed by atoms with Gasteiger partial charge in [-0.15, -0.1) is 0 Å². The predicted molar refractivity (Wildman–Crippen MR) is 41.4 cm³/mol. The van der Waals surface area contributed by atoms with E-state index in [2.05, 4.69) is 0 Å². The van der Waals surface area contributed by atoms with Crippen LogP contribution < -0.4 is 0 Å². The fraction of sp³-hybridized carbons (Fsp3) is 0.222. The zero-order valence-corrected chi connectivity index (χ0v) is 6.04. The normalized spacial score (nSPS) is 9.80. The highest BCUT2D eigenvalue weighted by molar-refractivity contribution is 5.31. The third-order valence-electron chi connectivity index (χ3n) is 1.54. The minimum atomic E-state index is 0.126. The van der Waals surface area contributed by atoms with Gasteiger partial charge in [0, 0.05) is 0 Å². The molecule has 0 aromatic heterocycles. The summed E-state index contributed by atoms with van der Waals surface area (Å²) in [5.74, 6) is 0. The van der Waals surface area contributed by atoms with Gasteiger partial charge in [-0.2, -0.15) is 0 Å². The van der Waals surface area contributed by atoms with Crippen LogP contribution in [0.4, 0.5) is 0 Å². The van der Waals surface area contributed by atoms with Crippen molar-refractivity contribution in [2.45, 2.75) is 13.5 Å². The lowest BCUT2D eigenvalue weighted by molar-refractivity contribution is 0.281. The van der Waals surface area contributed by atoms with Crippen LogP contribution >= 0.6 is 0 Å². The summed E-state index contributed by atoms with van der Waals surface area (Å²) in [6.45, 7) is 2.09. The van der Waals surface area contributed by atoms with E-state index in [1.54, 1.807) is 0 Å². The smallest absolute Gasteiger partial charge is 0.0684 e. The van der Waals surface area contributed by atoms with Gasteiger partial charge >= 0.3 is 0 Å². The molecule has 0 amide bonds. The first-order chi connectivity index (χ1) is 4.88. The second-order valence-corrected chi connectivity index (χ2v) is 2.15. The van der Waals surface area contributed by atoms with Gasteiger partial charge in [-0.1, -0.05) is 31.2 Å². The van der Waals surface area contributed by atoms with Gasteiger partial charge < -0.3 is 5.11 Å². The van der Waals surface area contributed by atoms with Gasteiger partial charge in [0.15, 0.2) is 0 Å². The third kappa shape index (κ3) is 1.36. The Bertz CT molecular complexity index is 183. The SMILES string of the molecule is C[CH]c1ccccc1CO. The molecule has 0 saturated carbocycles. The fourth-order valence-corrected chi connectivity index (χ4v) is 0.960. The molecule has 1 rings (SSSR count). The van der Waals surface area contributed by atoms with Gasteiger partial charge in [0.05, 0.1) is 6.61 Å². The molecule has 1 aromatic rings. The van der Waals surface area contributed by atoms with Crippen molar-refractivity contribution < 1.29 is 5.11 Å². The molecule has 0 aliphatic rings. The van der Waals surface area contributed by atoms with Crippen LogP contribution in [0.3, 0.4) is 0 Å². The van der Waals surface area contributed by atoms with Gasteiger partial charge in [0.1, 0.15) is 0 Å². The van der Waals surface area contributed by atoms with Gasteiger partial charge in [-0.25, -0.2) is 0 Å². The van der Waals surface area contributed by atoms with Crippen molar-refractivity contribution in [1.29, 1.82) is 0 Å². The largest absolute Gasteiger partial charge is 0.392 e. The maximum absolute atomic E-state index is 8.83. The second-order valence-electron chi connectivity index (χ2n) is 2.15. The first kappa shape index (κ1) is 7.29. The van der Waals surface area contributed by atoms with Crippen LogP contribution in [0.2, 0.25) is 0 Å². The number of benzene rings is 1. The van der Waals surface area contributed by atoms with Crippen molar-refractivity contribution in [2.75, 3.05) is 0 Å². The maximum atomic E-state index is 8.83. The summed E-state index contributed by atoms with van der Waals surface area (Å²) >= 11 is 0. The number of hydrogen-bond acceptors (Lipinski definition) is 1. The number of aliphatic hydroxyl groups excluding tert-OH is 1. The monoisotopic (exact) mass is 135 g/mol. The first-order valence-electron chi connectivity index (χ1n) is 3.36. The Balaban J connectivity index is 2.96. The van der Waals surface area contributed by atoms with Crippen LogP contribution in [0.5, 0.6) is 0 Å². The predicted octanol–water partition coefficient (Wildman–Crippen LogP) is 1.75. The molecule has 0 aliphatic carbocycles. The fourth-order valence-electron chi connectivity index (χ4n) is 0.960. The molecule has 0 fully saturated rings. The molecule has 1 heteroatoms. The summed E-state index contributed by atoms with van der Waals surface area (Å²) in [5.41, 5.74) is 2.11. The van der Waals surface area contributed by atoms with Crippen LogP contribution in [0, 0.1) is 6.42 Å². The van der Waals surface area contributed by atoms with Crippen LogP contribution in [-0.4, -0.2) is 5.11 Å². The number of aliphatic hydroxyl groups is 1. The lowest BCUT2D eigenvalue weighted by atomic mass is 10.1. The molecule has 0 heterocycles. The topological polar surface area (TPSA) is 20.2 Å². The van der Waals surface area contributed by atoms with Crippen LogP contribution in [0.1, 0.15) is 18.1 Å². The van der Waals surface area contributed by atoms with Crippen molar-refractivity contribution in [2.24, 2.45) is 0 Å². The zero-order valence-electron chi connectivity index (χ0n) is 6.04. The van der Waals surface area contributed by atoms with E-state index in [0.717, 1.165) is 11.1 Å². The van der Waals surface area contributed by atoms with Gasteiger partial charge in [0.2, 0.25) is 0 Å². The van der Waals surface area contributed by atoms with E-state index in [4.69, 9.17) is 5.11 Å². The molecule has 0 atom stereocenters. The van der Waals surface area contributed by atoms with Gasteiger partial charge in [0.25, 0.3) is 0 Å². The van der Waals surface area contributed by atoms with Crippen molar-refractivity contribution in [3.05, 3.63) is 41.8 Å². The Kier molecular flexibility index (Phi) is 2.46. The molecular formula is C9H11O. The molecule has 0 unspecified atom stereocenters. The molecule has 1 N–H and O–H groups in total. The van der Waals surface area contributed by atoms with Crippen LogP contribution in [-0.2, 0) is 6.61 Å². The Labute approximate surface area is 61.3 Å². The molecule has 1 nitrogen and oxygen atoms in total. The molecule has 0 aliphatic heterocycles. The minimum Gasteiger partial charge on any atom is -0.392 e. The molecule has 0 saturated heterocycles. The Morgan fingerprint density at radius 1 is 1.40 bits per heavy atom. The van der Waals surface area contributed by atoms with Crippen LogP contribution in [0.15, 0.2) is 24.3 Å². The van der Waals surface area contributed by atoms with Gasteiger partial charge in [-0.3, -0.25) is 0 Å². The number of hydrogen-bond donors (Lipinski definition) is 1. The molecule has 53 valence electrons. The van der Waals surface area contributed by atoms with E-state index in [1.165, 1.54) is 0 Å². The number of rotatable bonds is 2. The highest BCUT2D eigenvalue weighted by Crippen LogP contribution is 2.09. The van der Waals surface area contributed by atoms with E-state index >= 15 is 0 Å². The quantitative estimate of drug-likeness (QED) is 0.655. The summed E-state index contributed by atoms with van der Waals surface area (Å²) in [7, 11) is 0. The average Bonchev–Trinajstić information content (AvgIpc) is 2.04. The van der Waals surface area contributed by atoms with Crippen molar-refractivity contribution in [1.82, 2.24) is 0 Å². The summed E-state index contributed by atoms with van der Waals surface area (Å²) < 4.78 is 0. The molecule has 1 aromatic carbocycles. The maximum Gasteiger partial charge on any atom is 0.0684 e. The highest BCUT2D eigenvalue weighted by Gasteiger charge is 1.95. The molecular weight excluding hydrogens is 124 g/mol. The molecule has 0 bridgehead atoms. The van der Waals surface area contributed by atoms with Crippen molar-refractivity contribution in [3.63, 3.8) is 0 Å². The summed E-state index contributed by atoms with van der Waals surface area (Å²) in [4.78, 5) is 0. The van der Waals surface area contributed by atoms with Crippen molar-refractivity contribution in [3.8, 4) is 0 Å². The lowest BCUT2D eigenvalue weighted by Crippen LogP contribution is -1.88. The van der Waals surface area contributed by atoms with Gasteiger partial charge in [-0.05, 0) is 17.5 Å². The molecule has 10 heavy (non-hydrogen) atoms. The minimum absolute atomic E-state index is 0.126. The van der Waals surface area contributed by atoms with E-state index in [-0.39, 0.29) is 6.61 Å². The zero-order chi connectivity index (χ0) is 7.40. The Hall–Kier alpha value is -0.820. The average molecular weight is 135 g/mol. The lowest BCUT2D eigenvalue weighted by Gasteiger charge is -2.01. The summed E-state index contributed by atoms with van der Waals surface area (Å²) in [6, 6.07) is 7.81. The van der Waals surface area contributed by atoms with E-state index in [9.17, 15) is 0 Å². The van der Waals surface area contributed by atoms with E-state index in [1.807, 2.05) is 37.6 Å². The van der Waals surface area contributed by atoms with Crippen molar-refractivity contribution >= 4 is 0 Å². The molecule has 0 spiro atoms. The summed E-state index contributed by atoms with van der Waals surface area (Å²) in [6.07, 6.45) is 1.99. The highest BCUT2D eigenvalue weighted by atomic mass is 16.3. The second kappa shape index (κ2) is 3.37. The summed E-state index contributed by atoms with van der Waals surface area (Å²) in [5, 5.41) is 8.83. The first-order valence-corrected chi connectivity index (χ1v) is 3.36. The van der Waals surface area contributed by atoms with E-state index in [0.29, 0.717) is 0 Å². The van der Waals surface area contributed by atoms with E-state index < -0.39 is 0 Å². The Morgan fingerprint density at radius 2 is 2.10 bits per heavy atom. The molecule has 1 radical (unpaired) electrons. The Morgan fingerprint density at radius 3 is 2.60 bits per heavy atom. The standard InChI is InChI=1S/C9H11O/c1-2-8-5-3-4-6-9(8)7-10/h2-6,10H,7H2,1H3. The van der Waals surface area contributed by atoms with Crippen LogP contribution in [0.25, 0.3) is 0 Å². The third-order valence-corrected chi connectivity index (χ3v) is 1.54.